The molecule has 0 aliphatic carbocycles. The van der Waals surface area contributed by atoms with Crippen LogP contribution in [0.3, 0.4) is 0 Å². The zero-order chi connectivity index (χ0) is 15.9. The van der Waals surface area contributed by atoms with Gasteiger partial charge in [-0.05, 0) is 18.2 Å². The van der Waals surface area contributed by atoms with Gasteiger partial charge in [-0.3, -0.25) is 0 Å². The summed E-state index contributed by atoms with van der Waals surface area (Å²) >= 11 is 0. The number of oxime groups is 1. The second kappa shape index (κ2) is 7.16. The number of nitrogens with two attached hydrogens (primary N) is 1. The molecule has 0 aliphatic heterocycles. The predicted molar refractivity (Wildman–Crippen MR) is 75.7 cm³/mol. The molecule has 2 aromatic rings. The van der Waals surface area contributed by atoms with Gasteiger partial charge in [-0.2, -0.15) is 8.78 Å². The van der Waals surface area contributed by atoms with Crippen LogP contribution in [-0.4, -0.2) is 18.4 Å². The van der Waals surface area contributed by atoms with Gasteiger partial charge >= 0.3 is 12.6 Å². The van der Waals surface area contributed by atoms with Crippen molar-refractivity contribution in [1.82, 2.24) is 0 Å². The fourth-order valence-corrected chi connectivity index (χ4v) is 1.60. The molecule has 0 saturated carbocycles. The fourth-order valence-electron chi connectivity index (χ4n) is 1.60. The Morgan fingerprint density at radius 2 is 1.73 bits per heavy atom. The Kier molecular flexibility index (Phi) is 5.02. The fraction of sp³-hybridized carbons (Fsp3) is 0.0667. The highest BCUT2D eigenvalue weighted by Crippen LogP contribution is 2.16. The van der Waals surface area contributed by atoms with Crippen LogP contribution >= 0.6 is 0 Å². The Balaban J connectivity index is 2.06. The summed E-state index contributed by atoms with van der Waals surface area (Å²) in [6.45, 7) is -2.97. The summed E-state index contributed by atoms with van der Waals surface area (Å²) in [6.07, 6.45) is 0. The standard InChI is InChI=1S/C15H12F2N2O3/c16-15(17)21-12-8-4-7-11(9-12)14(20)22-19-13(18)10-5-2-1-3-6-10/h1-9,15H,(H2,18,19). The van der Waals surface area contributed by atoms with Gasteiger partial charge in [-0.15, -0.1) is 0 Å². The maximum atomic E-state index is 12.1. The molecule has 5 nitrogen and oxygen atoms in total. The monoisotopic (exact) mass is 306 g/mol. The Labute approximate surface area is 124 Å². The molecular formula is C15H12F2N2O3. The summed E-state index contributed by atoms with van der Waals surface area (Å²) in [6, 6.07) is 13.9. The molecule has 0 amide bonds. The first kappa shape index (κ1) is 15.4. The van der Waals surface area contributed by atoms with Gasteiger partial charge in [0.25, 0.3) is 0 Å². The Hall–Kier alpha value is -2.96. The van der Waals surface area contributed by atoms with E-state index in [-0.39, 0.29) is 17.1 Å². The number of carbonyl (C=O) groups excluding carboxylic acids is 1. The maximum absolute atomic E-state index is 12.1. The van der Waals surface area contributed by atoms with Gasteiger partial charge in [0.15, 0.2) is 5.84 Å². The largest absolute Gasteiger partial charge is 0.435 e. The third kappa shape index (κ3) is 4.27. The summed E-state index contributed by atoms with van der Waals surface area (Å²) in [5.41, 5.74) is 6.27. The Morgan fingerprint density at radius 3 is 2.41 bits per heavy atom. The van der Waals surface area contributed by atoms with E-state index < -0.39 is 12.6 Å². The summed E-state index contributed by atoms with van der Waals surface area (Å²) in [5.74, 6) is -0.961. The Bertz CT molecular complexity index is 675. The number of benzene rings is 2. The van der Waals surface area contributed by atoms with E-state index in [0.29, 0.717) is 5.56 Å². The molecule has 7 heteroatoms. The number of ether oxygens (including phenoxy) is 1. The third-order valence-electron chi connectivity index (χ3n) is 2.59. The quantitative estimate of drug-likeness (QED) is 0.399. The van der Waals surface area contributed by atoms with Crippen molar-refractivity contribution in [1.29, 1.82) is 0 Å². The van der Waals surface area contributed by atoms with Crippen LogP contribution in [0.2, 0.25) is 0 Å². The van der Waals surface area contributed by atoms with Gasteiger partial charge in [-0.1, -0.05) is 41.6 Å². The summed E-state index contributed by atoms with van der Waals surface area (Å²) in [7, 11) is 0. The average molecular weight is 306 g/mol. The lowest BCUT2D eigenvalue weighted by Crippen LogP contribution is -2.15. The molecule has 0 saturated heterocycles. The molecule has 0 aliphatic rings. The van der Waals surface area contributed by atoms with Crippen LogP contribution < -0.4 is 10.5 Å². The smallest absolute Gasteiger partial charge is 0.387 e. The Morgan fingerprint density at radius 1 is 1.05 bits per heavy atom. The lowest BCUT2D eigenvalue weighted by atomic mass is 10.2. The van der Waals surface area contributed by atoms with Gasteiger partial charge < -0.3 is 15.3 Å². The van der Waals surface area contributed by atoms with Crippen molar-refractivity contribution >= 4 is 11.8 Å². The molecule has 0 bridgehead atoms. The van der Waals surface area contributed by atoms with Crippen LogP contribution in [0.5, 0.6) is 5.75 Å². The minimum atomic E-state index is -2.97. The molecule has 0 aromatic heterocycles. The summed E-state index contributed by atoms with van der Waals surface area (Å²) < 4.78 is 28.4. The van der Waals surface area contributed by atoms with Crippen molar-refractivity contribution in [3.63, 3.8) is 0 Å². The average Bonchev–Trinajstić information content (AvgIpc) is 2.52. The van der Waals surface area contributed by atoms with Crippen LogP contribution in [0.25, 0.3) is 0 Å². The molecule has 0 radical (unpaired) electrons. The first-order valence-corrected chi connectivity index (χ1v) is 6.21. The van der Waals surface area contributed by atoms with E-state index in [1.807, 2.05) is 0 Å². The van der Waals surface area contributed by atoms with Crippen molar-refractivity contribution in [2.75, 3.05) is 0 Å². The van der Waals surface area contributed by atoms with Gasteiger partial charge in [0.1, 0.15) is 5.75 Å². The van der Waals surface area contributed by atoms with Gasteiger partial charge in [0.05, 0.1) is 5.56 Å². The third-order valence-corrected chi connectivity index (χ3v) is 2.59. The minimum Gasteiger partial charge on any atom is -0.435 e. The van der Waals surface area contributed by atoms with Crippen molar-refractivity contribution in [3.8, 4) is 5.75 Å². The highest BCUT2D eigenvalue weighted by Gasteiger charge is 2.11. The van der Waals surface area contributed by atoms with Crippen LogP contribution in [0.4, 0.5) is 8.78 Å². The second-order valence-electron chi connectivity index (χ2n) is 4.13. The predicted octanol–water partition coefficient (Wildman–Crippen LogP) is 2.77. The second-order valence-corrected chi connectivity index (χ2v) is 4.13. The van der Waals surface area contributed by atoms with Crippen LogP contribution in [-0.2, 0) is 4.84 Å². The lowest BCUT2D eigenvalue weighted by molar-refractivity contribution is -0.0499. The number of alkyl halides is 2. The number of rotatable bonds is 5. The highest BCUT2D eigenvalue weighted by molar-refractivity contribution is 5.98. The van der Waals surface area contributed by atoms with E-state index in [0.717, 1.165) is 6.07 Å². The van der Waals surface area contributed by atoms with E-state index in [1.165, 1.54) is 18.2 Å². The normalized spacial score (nSPS) is 11.3. The minimum absolute atomic E-state index is 0.0164. The summed E-state index contributed by atoms with van der Waals surface area (Å²) in [4.78, 5) is 16.5. The number of amidine groups is 1. The van der Waals surface area contributed by atoms with Crippen molar-refractivity contribution in [2.45, 2.75) is 6.61 Å². The van der Waals surface area contributed by atoms with E-state index in [1.54, 1.807) is 30.3 Å². The zero-order valence-corrected chi connectivity index (χ0v) is 11.3. The molecule has 22 heavy (non-hydrogen) atoms. The van der Waals surface area contributed by atoms with Gasteiger partial charge in [0.2, 0.25) is 0 Å². The SMILES string of the molecule is N/C(=N\OC(=O)c1cccc(OC(F)F)c1)c1ccccc1. The van der Waals surface area contributed by atoms with E-state index >= 15 is 0 Å². The van der Waals surface area contributed by atoms with Crippen LogP contribution in [0.15, 0.2) is 59.8 Å². The molecule has 0 atom stereocenters. The number of halogens is 2. The van der Waals surface area contributed by atoms with Crippen molar-refractivity contribution in [2.24, 2.45) is 10.9 Å². The number of hydrogen-bond donors (Lipinski definition) is 1. The van der Waals surface area contributed by atoms with Crippen LogP contribution in [0.1, 0.15) is 15.9 Å². The molecule has 2 aromatic carbocycles. The molecule has 0 fully saturated rings. The zero-order valence-electron chi connectivity index (χ0n) is 11.3. The molecule has 0 unspecified atom stereocenters. The van der Waals surface area contributed by atoms with Gasteiger partial charge in [0, 0.05) is 5.56 Å². The van der Waals surface area contributed by atoms with Crippen molar-refractivity contribution < 1.29 is 23.1 Å². The van der Waals surface area contributed by atoms with Crippen LogP contribution in [0, 0.1) is 0 Å². The topological polar surface area (TPSA) is 73.9 Å². The number of hydrogen-bond acceptors (Lipinski definition) is 4. The maximum Gasteiger partial charge on any atom is 0.387 e. The highest BCUT2D eigenvalue weighted by atomic mass is 19.3. The molecule has 114 valence electrons. The van der Waals surface area contributed by atoms with E-state index in [9.17, 15) is 13.6 Å². The van der Waals surface area contributed by atoms with Gasteiger partial charge in [-0.25, -0.2) is 4.79 Å². The van der Waals surface area contributed by atoms with E-state index in [2.05, 4.69) is 14.7 Å². The summed E-state index contributed by atoms with van der Waals surface area (Å²) in [5, 5.41) is 3.52. The molecular weight excluding hydrogens is 294 g/mol. The number of nitrogens with zero attached hydrogens (tertiary/aromatic N) is 1. The lowest BCUT2D eigenvalue weighted by Gasteiger charge is -2.05. The van der Waals surface area contributed by atoms with E-state index in [4.69, 9.17) is 5.73 Å². The number of carbonyl (C=O) groups is 1. The molecule has 2 rings (SSSR count). The first-order chi connectivity index (χ1) is 10.6. The molecule has 2 N–H and O–H groups in total. The molecule has 0 heterocycles. The van der Waals surface area contributed by atoms with Crippen molar-refractivity contribution in [3.05, 3.63) is 65.7 Å². The molecule has 0 spiro atoms. The first-order valence-electron chi connectivity index (χ1n) is 6.21.